The number of aliphatic hydroxyl groups is 1. The number of ether oxygens (including phenoxy) is 1. The molecule has 2 N–H and O–H groups in total. The monoisotopic (exact) mass is 293 g/mol. The van der Waals surface area contributed by atoms with E-state index in [-0.39, 0.29) is 6.61 Å². The summed E-state index contributed by atoms with van der Waals surface area (Å²) in [5, 5.41) is 13.5. The minimum absolute atomic E-state index is 0.102. The van der Waals surface area contributed by atoms with Crippen molar-refractivity contribution >= 4 is 21.4 Å². The second kappa shape index (κ2) is 7.74. The van der Waals surface area contributed by atoms with Gasteiger partial charge < -0.3 is 15.2 Å². The number of thiophene rings is 1. The molecule has 0 saturated carbocycles. The van der Waals surface area contributed by atoms with Crippen LogP contribution in [0.1, 0.15) is 29.8 Å². The summed E-state index contributed by atoms with van der Waals surface area (Å²) in [6.07, 6.45) is 0.967. The predicted octanol–water partition coefficient (Wildman–Crippen LogP) is 3.26. The van der Waals surface area contributed by atoms with Gasteiger partial charge in [0.2, 0.25) is 0 Å². The lowest BCUT2D eigenvalue weighted by Crippen LogP contribution is -2.21. The second-order valence-electron chi connectivity index (χ2n) is 4.95. The molecule has 0 aliphatic carbocycles. The van der Waals surface area contributed by atoms with Crippen molar-refractivity contribution in [2.75, 3.05) is 26.4 Å². The summed E-state index contributed by atoms with van der Waals surface area (Å²) in [7, 11) is 0. The van der Waals surface area contributed by atoms with Crippen LogP contribution in [0.4, 0.5) is 0 Å². The SMILES string of the molecule is Cc1c(C(C)NCCCOCCO)sc2ccccc12. The van der Waals surface area contributed by atoms with Gasteiger partial charge in [0.05, 0.1) is 13.2 Å². The molecule has 0 amide bonds. The van der Waals surface area contributed by atoms with E-state index in [0.717, 1.165) is 13.0 Å². The molecule has 0 fully saturated rings. The molecule has 2 rings (SSSR count). The molecule has 1 heterocycles. The maximum atomic E-state index is 8.62. The highest BCUT2D eigenvalue weighted by Gasteiger charge is 2.13. The molecule has 1 aromatic heterocycles. The van der Waals surface area contributed by atoms with E-state index in [9.17, 15) is 0 Å². The Labute approximate surface area is 124 Å². The van der Waals surface area contributed by atoms with Crippen LogP contribution in [0, 0.1) is 6.92 Å². The molecule has 0 saturated heterocycles. The van der Waals surface area contributed by atoms with Gasteiger partial charge in [0.15, 0.2) is 0 Å². The Bertz CT molecular complexity index is 538. The lowest BCUT2D eigenvalue weighted by Gasteiger charge is -2.13. The fraction of sp³-hybridized carbons (Fsp3) is 0.500. The number of aliphatic hydroxyl groups excluding tert-OH is 1. The average molecular weight is 293 g/mol. The molecule has 0 radical (unpaired) electrons. The van der Waals surface area contributed by atoms with E-state index in [0.29, 0.717) is 19.3 Å². The highest BCUT2D eigenvalue weighted by atomic mass is 32.1. The Morgan fingerprint density at radius 3 is 2.85 bits per heavy atom. The van der Waals surface area contributed by atoms with Crippen LogP contribution in [-0.4, -0.2) is 31.5 Å². The van der Waals surface area contributed by atoms with Crippen molar-refractivity contribution in [3.63, 3.8) is 0 Å². The van der Waals surface area contributed by atoms with Gasteiger partial charge in [-0.2, -0.15) is 0 Å². The van der Waals surface area contributed by atoms with E-state index in [4.69, 9.17) is 9.84 Å². The summed E-state index contributed by atoms with van der Waals surface area (Å²) in [6.45, 7) is 6.59. The van der Waals surface area contributed by atoms with E-state index in [2.05, 4.69) is 43.4 Å². The van der Waals surface area contributed by atoms with Gasteiger partial charge in [-0.25, -0.2) is 0 Å². The Balaban J connectivity index is 1.88. The Hall–Kier alpha value is -0.940. The van der Waals surface area contributed by atoms with Crippen LogP contribution >= 0.6 is 11.3 Å². The van der Waals surface area contributed by atoms with Gasteiger partial charge in [0.25, 0.3) is 0 Å². The number of benzene rings is 1. The summed E-state index contributed by atoms with van der Waals surface area (Å²) in [6, 6.07) is 8.94. The van der Waals surface area contributed by atoms with Crippen molar-refractivity contribution in [2.45, 2.75) is 26.3 Å². The molecule has 110 valence electrons. The third kappa shape index (κ3) is 3.79. The van der Waals surface area contributed by atoms with Crippen LogP contribution in [0.2, 0.25) is 0 Å². The number of fused-ring (bicyclic) bond motifs is 1. The molecule has 0 aliphatic heterocycles. The quantitative estimate of drug-likeness (QED) is 0.734. The number of aryl methyl sites for hydroxylation is 1. The first-order valence-electron chi connectivity index (χ1n) is 7.14. The van der Waals surface area contributed by atoms with Crippen LogP contribution in [0.3, 0.4) is 0 Å². The van der Waals surface area contributed by atoms with E-state index in [1.807, 2.05) is 11.3 Å². The first-order chi connectivity index (χ1) is 9.74. The maximum Gasteiger partial charge on any atom is 0.0697 e. The lowest BCUT2D eigenvalue weighted by molar-refractivity contribution is 0.0904. The second-order valence-corrected chi connectivity index (χ2v) is 6.04. The molecule has 3 nitrogen and oxygen atoms in total. The minimum atomic E-state index is 0.102. The van der Waals surface area contributed by atoms with E-state index >= 15 is 0 Å². The topological polar surface area (TPSA) is 41.5 Å². The maximum absolute atomic E-state index is 8.62. The van der Waals surface area contributed by atoms with Gasteiger partial charge in [0, 0.05) is 22.2 Å². The van der Waals surface area contributed by atoms with E-state index in [1.165, 1.54) is 20.5 Å². The van der Waals surface area contributed by atoms with Gasteiger partial charge in [-0.3, -0.25) is 0 Å². The van der Waals surface area contributed by atoms with Crippen molar-refractivity contribution in [2.24, 2.45) is 0 Å². The first-order valence-corrected chi connectivity index (χ1v) is 7.95. The normalized spacial score (nSPS) is 12.9. The van der Waals surface area contributed by atoms with Gasteiger partial charge in [-0.1, -0.05) is 18.2 Å². The number of hydrogen-bond donors (Lipinski definition) is 2. The van der Waals surface area contributed by atoms with Crippen LogP contribution < -0.4 is 5.32 Å². The highest BCUT2D eigenvalue weighted by Crippen LogP contribution is 2.34. The molecule has 1 aromatic carbocycles. The molecule has 4 heteroatoms. The van der Waals surface area contributed by atoms with Crippen molar-refractivity contribution in [3.8, 4) is 0 Å². The average Bonchev–Trinajstić information content (AvgIpc) is 2.80. The van der Waals surface area contributed by atoms with Gasteiger partial charge in [-0.15, -0.1) is 11.3 Å². The van der Waals surface area contributed by atoms with Crippen molar-refractivity contribution in [1.29, 1.82) is 0 Å². The smallest absolute Gasteiger partial charge is 0.0697 e. The minimum Gasteiger partial charge on any atom is -0.394 e. The molecule has 1 unspecified atom stereocenters. The Kier molecular flexibility index (Phi) is 5.98. The fourth-order valence-corrected chi connectivity index (χ4v) is 3.60. The highest BCUT2D eigenvalue weighted by molar-refractivity contribution is 7.19. The summed E-state index contributed by atoms with van der Waals surface area (Å²) in [4.78, 5) is 1.42. The molecule has 0 spiro atoms. The lowest BCUT2D eigenvalue weighted by atomic mass is 10.1. The summed E-state index contributed by atoms with van der Waals surface area (Å²) in [5.41, 5.74) is 1.39. The van der Waals surface area contributed by atoms with Crippen LogP contribution in [0.25, 0.3) is 10.1 Å². The van der Waals surface area contributed by atoms with E-state index < -0.39 is 0 Å². The summed E-state index contributed by atoms with van der Waals surface area (Å²) >= 11 is 1.88. The zero-order valence-corrected chi connectivity index (χ0v) is 13.0. The zero-order valence-electron chi connectivity index (χ0n) is 12.2. The van der Waals surface area contributed by atoms with Gasteiger partial charge in [-0.05, 0) is 43.8 Å². The molecule has 2 aromatic rings. The number of nitrogens with one attached hydrogen (secondary N) is 1. The van der Waals surface area contributed by atoms with Gasteiger partial charge >= 0.3 is 0 Å². The third-order valence-electron chi connectivity index (χ3n) is 3.43. The molecule has 0 bridgehead atoms. The zero-order chi connectivity index (χ0) is 14.4. The molecule has 1 atom stereocenters. The number of rotatable bonds is 8. The number of hydrogen-bond acceptors (Lipinski definition) is 4. The summed E-state index contributed by atoms with van der Waals surface area (Å²) in [5.74, 6) is 0. The van der Waals surface area contributed by atoms with Crippen LogP contribution in [0.5, 0.6) is 0 Å². The van der Waals surface area contributed by atoms with Crippen LogP contribution in [0.15, 0.2) is 24.3 Å². The van der Waals surface area contributed by atoms with Gasteiger partial charge in [0.1, 0.15) is 0 Å². The standard InChI is InChI=1S/C16H23NO2S/c1-12-14-6-3-4-7-15(14)20-16(12)13(2)17-8-5-10-19-11-9-18/h3-4,6-7,13,17-18H,5,8-11H2,1-2H3. The van der Waals surface area contributed by atoms with Crippen molar-refractivity contribution in [1.82, 2.24) is 5.32 Å². The van der Waals surface area contributed by atoms with Crippen LogP contribution in [-0.2, 0) is 4.74 Å². The molecular weight excluding hydrogens is 270 g/mol. The predicted molar refractivity (Wildman–Crippen MR) is 85.5 cm³/mol. The Morgan fingerprint density at radius 2 is 2.10 bits per heavy atom. The molecule has 20 heavy (non-hydrogen) atoms. The third-order valence-corrected chi connectivity index (χ3v) is 4.88. The fourth-order valence-electron chi connectivity index (χ4n) is 2.36. The van der Waals surface area contributed by atoms with Crippen molar-refractivity contribution < 1.29 is 9.84 Å². The molecule has 0 aliphatic rings. The Morgan fingerprint density at radius 1 is 1.30 bits per heavy atom. The summed E-state index contributed by atoms with van der Waals surface area (Å²) < 4.78 is 6.62. The van der Waals surface area contributed by atoms with E-state index in [1.54, 1.807) is 0 Å². The van der Waals surface area contributed by atoms with Crippen molar-refractivity contribution in [3.05, 3.63) is 34.7 Å². The largest absolute Gasteiger partial charge is 0.394 e. The molecular formula is C16H23NO2S. The first kappa shape index (κ1) is 15.4.